The molecule has 2 fully saturated rings. The Kier molecular flexibility index (Phi) is 11.6. The first kappa shape index (κ1) is 36.9. The van der Waals surface area contributed by atoms with Crippen LogP contribution in [0.4, 0.5) is 0 Å². The van der Waals surface area contributed by atoms with Gasteiger partial charge in [-0.25, -0.2) is 0 Å². The van der Waals surface area contributed by atoms with Crippen LogP contribution in [0.25, 0.3) is 0 Å². The second kappa shape index (κ2) is 15.1. The van der Waals surface area contributed by atoms with Gasteiger partial charge < -0.3 is 30.8 Å². The van der Waals surface area contributed by atoms with E-state index in [0.29, 0.717) is 25.0 Å². The van der Waals surface area contributed by atoms with Crippen molar-refractivity contribution >= 4 is 35.1 Å². The molecule has 1 aliphatic carbocycles. The second-order valence-corrected chi connectivity index (χ2v) is 15.0. The van der Waals surface area contributed by atoms with Gasteiger partial charge in [-0.05, 0) is 67.7 Å². The maximum absolute atomic E-state index is 14.5. The topological polar surface area (TPSA) is 169 Å². The van der Waals surface area contributed by atoms with E-state index >= 15 is 0 Å². The molecule has 4 N–H and O–H groups in total. The van der Waals surface area contributed by atoms with Gasteiger partial charge >= 0.3 is 0 Å². The maximum atomic E-state index is 14.5. The lowest BCUT2D eigenvalue weighted by Crippen LogP contribution is -2.59. The normalized spacial score (nSPS) is 22.4. The number of aryl methyl sites for hydroxylation is 2. The Morgan fingerprint density at radius 2 is 1.73 bits per heavy atom. The number of methoxy groups -OCH3 is 1. The van der Waals surface area contributed by atoms with E-state index in [4.69, 9.17) is 15.3 Å². The van der Waals surface area contributed by atoms with Crippen molar-refractivity contribution in [1.82, 2.24) is 15.5 Å². The summed E-state index contributed by atoms with van der Waals surface area (Å²) in [5.74, 6) is -2.16. The number of nitrogens with zero attached hydrogens (tertiary/aromatic N) is 2. The second-order valence-electron chi connectivity index (χ2n) is 15.0. The minimum atomic E-state index is -1.14. The van der Waals surface area contributed by atoms with E-state index in [9.17, 15) is 24.0 Å². The number of rotatable bonds is 12. The number of oxime groups is 1. The molecule has 12 nitrogen and oxygen atoms in total. The zero-order valence-electron chi connectivity index (χ0n) is 29.6. The number of ketones is 1. The Morgan fingerprint density at radius 3 is 2.29 bits per heavy atom. The predicted octanol–water partition coefficient (Wildman–Crippen LogP) is 3.62. The third-order valence-corrected chi connectivity index (χ3v) is 9.89. The fourth-order valence-electron chi connectivity index (χ4n) is 7.41. The summed E-state index contributed by atoms with van der Waals surface area (Å²) in [7, 11) is 1.63. The minimum Gasteiger partial charge on any atom is -0.496 e. The monoisotopic (exact) mass is 667 g/mol. The van der Waals surface area contributed by atoms with Gasteiger partial charge in [-0.2, -0.15) is 0 Å². The van der Waals surface area contributed by atoms with Crippen molar-refractivity contribution in [1.29, 1.82) is 0 Å². The average molecular weight is 668 g/mol. The van der Waals surface area contributed by atoms with E-state index in [1.54, 1.807) is 7.11 Å². The standard InChI is InChI=1S/C36H53N5O7/c1-8-12-25(29(43)32(37)44)38-33(45)27-19-36(18-26(40-48-36)24-15-21(2)30(47-7)22(3)16-24)20-41(27)34(46)31(35(4,5)6)39-28(42)17-23-13-10-9-11-14-23/h15-16,23,25,27,31H,8-14,17-20H2,1-7H3,(H2,37,44)(H,38,45)(H,39,42)/t25-,27-,31+,36+/m0/s1. The summed E-state index contributed by atoms with van der Waals surface area (Å²) in [5, 5.41) is 10.1. The summed E-state index contributed by atoms with van der Waals surface area (Å²) < 4.78 is 5.53. The number of hydrogen-bond donors (Lipinski definition) is 3. The minimum absolute atomic E-state index is 0.0400. The Labute approximate surface area is 283 Å². The van der Waals surface area contributed by atoms with Crippen LogP contribution in [0.5, 0.6) is 5.75 Å². The third kappa shape index (κ3) is 8.36. The van der Waals surface area contributed by atoms with Gasteiger partial charge in [0.25, 0.3) is 5.91 Å². The highest BCUT2D eigenvalue weighted by Gasteiger charge is 2.55. The molecule has 1 aromatic carbocycles. The molecule has 1 spiro atoms. The number of nitrogens with two attached hydrogens (primary N) is 1. The highest BCUT2D eigenvalue weighted by molar-refractivity contribution is 6.37. The van der Waals surface area contributed by atoms with Crippen LogP contribution in [0.3, 0.4) is 0 Å². The van der Waals surface area contributed by atoms with Crippen molar-refractivity contribution in [2.45, 2.75) is 129 Å². The lowest BCUT2D eigenvalue weighted by Gasteiger charge is -2.36. The SMILES string of the molecule is CCC[C@H](NC(=O)[C@@H]1C[C@]2(CC(c3cc(C)c(OC)c(C)c3)=NO2)CN1C(=O)[C@@H](NC(=O)CC1CCCCC1)C(C)(C)C)C(=O)C(N)=O. The van der Waals surface area contributed by atoms with E-state index in [1.165, 1.54) is 11.3 Å². The molecule has 2 aliphatic heterocycles. The van der Waals surface area contributed by atoms with Crippen LogP contribution in [-0.4, -0.2) is 77.4 Å². The Morgan fingerprint density at radius 1 is 1.08 bits per heavy atom. The van der Waals surface area contributed by atoms with Crippen LogP contribution in [0.15, 0.2) is 17.3 Å². The molecular weight excluding hydrogens is 614 g/mol. The van der Waals surface area contributed by atoms with Crippen molar-refractivity contribution < 1.29 is 33.5 Å². The molecule has 1 aromatic rings. The number of primary amides is 1. The van der Waals surface area contributed by atoms with Crippen molar-refractivity contribution in [3.8, 4) is 5.75 Å². The molecule has 3 aliphatic rings. The number of Topliss-reactive ketones (excluding diaryl/α,β-unsaturated/α-hetero) is 1. The van der Waals surface area contributed by atoms with Crippen LogP contribution >= 0.6 is 0 Å². The van der Waals surface area contributed by atoms with Gasteiger partial charge in [0, 0.05) is 24.8 Å². The molecule has 4 atom stereocenters. The fraction of sp³-hybridized carbons (Fsp3) is 0.667. The molecule has 1 saturated heterocycles. The molecule has 0 unspecified atom stereocenters. The Bertz CT molecular complexity index is 1420. The first-order valence-electron chi connectivity index (χ1n) is 17.2. The van der Waals surface area contributed by atoms with E-state index in [2.05, 4.69) is 15.8 Å². The number of ether oxygens (including phenoxy) is 1. The Hall–Kier alpha value is -3.96. The van der Waals surface area contributed by atoms with Crippen molar-refractivity contribution in [2.75, 3.05) is 13.7 Å². The number of amides is 4. The predicted molar refractivity (Wildman–Crippen MR) is 181 cm³/mol. The summed E-state index contributed by atoms with van der Waals surface area (Å²) in [6.07, 6.45) is 6.87. The van der Waals surface area contributed by atoms with E-state index < -0.39 is 52.6 Å². The Balaban J connectivity index is 1.63. The summed E-state index contributed by atoms with van der Waals surface area (Å²) in [6, 6.07) is 0.844. The maximum Gasteiger partial charge on any atom is 0.287 e. The average Bonchev–Trinajstić information content (AvgIpc) is 3.62. The highest BCUT2D eigenvalue weighted by Crippen LogP contribution is 2.41. The highest BCUT2D eigenvalue weighted by atomic mass is 16.7. The fourth-order valence-corrected chi connectivity index (χ4v) is 7.41. The molecule has 0 radical (unpaired) electrons. The van der Waals surface area contributed by atoms with E-state index in [1.807, 2.05) is 53.7 Å². The van der Waals surface area contributed by atoms with Crippen LogP contribution in [0, 0.1) is 25.2 Å². The van der Waals surface area contributed by atoms with Gasteiger partial charge in [-0.1, -0.05) is 58.5 Å². The summed E-state index contributed by atoms with van der Waals surface area (Å²) in [4.78, 5) is 73.7. The largest absolute Gasteiger partial charge is 0.496 e. The first-order chi connectivity index (χ1) is 22.6. The van der Waals surface area contributed by atoms with Gasteiger partial charge in [-0.3, -0.25) is 24.0 Å². The summed E-state index contributed by atoms with van der Waals surface area (Å²) >= 11 is 0. The van der Waals surface area contributed by atoms with Crippen LogP contribution < -0.4 is 21.1 Å². The molecule has 0 bridgehead atoms. The summed E-state index contributed by atoms with van der Waals surface area (Å²) in [6.45, 7) is 11.4. The van der Waals surface area contributed by atoms with Gasteiger partial charge in [0.15, 0.2) is 5.60 Å². The third-order valence-electron chi connectivity index (χ3n) is 9.89. The molecular formula is C36H53N5O7. The molecule has 12 heteroatoms. The van der Waals surface area contributed by atoms with Crippen molar-refractivity contribution in [3.63, 3.8) is 0 Å². The number of benzene rings is 1. The molecule has 4 amide bonds. The molecule has 264 valence electrons. The van der Waals surface area contributed by atoms with Gasteiger partial charge in [0.2, 0.25) is 23.5 Å². The number of carbonyl (C=O) groups is 5. The number of carbonyl (C=O) groups excluding carboxylic acids is 5. The van der Waals surface area contributed by atoms with Crippen molar-refractivity contribution in [3.05, 3.63) is 28.8 Å². The zero-order chi connectivity index (χ0) is 35.4. The molecule has 1 saturated carbocycles. The molecule has 2 heterocycles. The van der Waals surface area contributed by atoms with Gasteiger partial charge in [0.05, 0.1) is 25.4 Å². The van der Waals surface area contributed by atoms with Crippen LogP contribution in [-0.2, 0) is 28.8 Å². The van der Waals surface area contributed by atoms with Crippen LogP contribution in [0.2, 0.25) is 0 Å². The van der Waals surface area contributed by atoms with Crippen molar-refractivity contribution in [2.24, 2.45) is 22.2 Å². The number of nitrogens with one attached hydrogen (secondary N) is 2. The lowest BCUT2D eigenvalue weighted by molar-refractivity contribution is -0.145. The van der Waals surface area contributed by atoms with E-state index in [0.717, 1.165) is 48.1 Å². The molecule has 0 aromatic heterocycles. The van der Waals surface area contributed by atoms with E-state index in [-0.39, 0.29) is 31.2 Å². The zero-order valence-corrected chi connectivity index (χ0v) is 29.6. The molecule has 4 rings (SSSR count). The quantitative estimate of drug-likeness (QED) is 0.286. The molecule has 48 heavy (non-hydrogen) atoms. The number of likely N-dealkylation sites (tertiary alicyclic amines) is 1. The summed E-state index contributed by atoms with van der Waals surface area (Å²) in [5.41, 5.74) is 7.00. The van der Waals surface area contributed by atoms with Crippen LogP contribution in [0.1, 0.15) is 109 Å². The van der Waals surface area contributed by atoms with Gasteiger partial charge in [0.1, 0.15) is 17.8 Å². The lowest BCUT2D eigenvalue weighted by atomic mass is 9.84. The number of hydrogen-bond acceptors (Lipinski definition) is 8. The van der Waals surface area contributed by atoms with Gasteiger partial charge in [-0.15, -0.1) is 0 Å². The first-order valence-corrected chi connectivity index (χ1v) is 17.2. The smallest absolute Gasteiger partial charge is 0.287 e.